The minimum Gasteiger partial charge on any atom is -0.346 e. The van der Waals surface area contributed by atoms with Gasteiger partial charge in [0.15, 0.2) is 0 Å². The summed E-state index contributed by atoms with van der Waals surface area (Å²) in [5.74, 6) is 0.267. The Balaban J connectivity index is 2.94. The number of rotatable bonds is 3. The molecule has 16 heavy (non-hydrogen) atoms. The number of hydrogen-bond donors (Lipinski definition) is 1. The Kier molecular flexibility index (Phi) is 4.39. The lowest BCUT2D eigenvalue weighted by Gasteiger charge is -2.23. The smallest absolute Gasteiger partial charge is 0.252 e. The zero-order valence-corrected chi connectivity index (χ0v) is 11.9. The van der Waals surface area contributed by atoms with E-state index < -0.39 is 5.54 Å². The lowest BCUT2D eigenvalue weighted by Crippen LogP contribution is -2.45. The Bertz CT molecular complexity index is 404. The van der Waals surface area contributed by atoms with Gasteiger partial charge in [0.25, 0.3) is 5.91 Å². The van der Waals surface area contributed by atoms with Crippen molar-refractivity contribution in [1.82, 2.24) is 5.32 Å². The van der Waals surface area contributed by atoms with Crippen molar-refractivity contribution in [3.05, 3.63) is 33.8 Å². The Labute approximate surface area is 110 Å². The third kappa shape index (κ3) is 3.22. The minimum atomic E-state index is -0.401. The molecule has 0 atom stereocenters. The van der Waals surface area contributed by atoms with Crippen molar-refractivity contribution in [2.45, 2.75) is 26.3 Å². The summed E-state index contributed by atoms with van der Waals surface area (Å²) < 4.78 is 0.831. The van der Waals surface area contributed by atoms with E-state index in [0.29, 0.717) is 11.4 Å². The van der Waals surface area contributed by atoms with Gasteiger partial charge in [-0.25, -0.2) is 0 Å². The normalized spacial score (nSPS) is 11.3. The van der Waals surface area contributed by atoms with Gasteiger partial charge in [-0.05, 0) is 48.3 Å². The van der Waals surface area contributed by atoms with Crippen LogP contribution in [-0.4, -0.2) is 17.3 Å². The van der Waals surface area contributed by atoms with Gasteiger partial charge in [0.1, 0.15) is 0 Å². The standard InChI is InChI=1S/C12H15BrClNO/c1-8-5-4-6-9(10(8)13)11(16)15-12(2,3)7-14/h4-6H,7H2,1-3H3,(H,15,16). The van der Waals surface area contributed by atoms with Crippen molar-refractivity contribution in [2.75, 3.05) is 5.88 Å². The van der Waals surface area contributed by atoms with Gasteiger partial charge in [-0.2, -0.15) is 0 Å². The first-order chi connectivity index (χ1) is 7.37. The van der Waals surface area contributed by atoms with Crippen LogP contribution in [0.5, 0.6) is 0 Å². The lowest BCUT2D eigenvalue weighted by molar-refractivity contribution is 0.0919. The fraction of sp³-hybridized carbons (Fsp3) is 0.417. The zero-order chi connectivity index (χ0) is 12.3. The number of halogens is 2. The van der Waals surface area contributed by atoms with Crippen LogP contribution in [0.2, 0.25) is 0 Å². The zero-order valence-electron chi connectivity index (χ0n) is 9.60. The molecule has 0 unspecified atom stereocenters. The van der Waals surface area contributed by atoms with Crippen LogP contribution in [0.3, 0.4) is 0 Å². The van der Waals surface area contributed by atoms with Crippen LogP contribution in [-0.2, 0) is 0 Å². The van der Waals surface area contributed by atoms with Crippen LogP contribution in [0.25, 0.3) is 0 Å². The molecule has 0 aliphatic carbocycles. The van der Waals surface area contributed by atoms with E-state index in [4.69, 9.17) is 11.6 Å². The molecule has 1 rings (SSSR count). The van der Waals surface area contributed by atoms with Gasteiger partial charge in [-0.3, -0.25) is 4.79 Å². The number of carbonyl (C=O) groups is 1. The van der Waals surface area contributed by atoms with Crippen molar-refractivity contribution in [3.8, 4) is 0 Å². The Hall–Kier alpha value is -0.540. The first kappa shape index (κ1) is 13.5. The molecule has 0 heterocycles. The van der Waals surface area contributed by atoms with E-state index in [-0.39, 0.29) is 5.91 Å². The van der Waals surface area contributed by atoms with Crippen LogP contribution in [0.4, 0.5) is 0 Å². The van der Waals surface area contributed by atoms with Gasteiger partial charge < -0.3 is 5.32 Å². The lowest BCUT2D eigenvalue weighted by atomic mass is 10.1. The molecule has 1 aromatic rings. The first-order valence-corrected chi connectivity index (χ1v) is 6.34. The topological polar surface area (TPSA) is 29.1 Å². The highest BCUT2D eigenvalue weighted by atomic mass is 79.9. The number of aryl methyl sites for hydroxylation is 1. The largest absolute Gasteiger partial charge is 0.346 e. The van der Waals surface area contributed by atoms with E-state index in [1.807, 2.05) is 32.9 Å². The summed E-state index contributed by atoms with van der Waals surface area (Å²) in [6.45, 7) is 5.73. The van der Waals surface area contributed by atoms with Crippen LogP contribution >= 0.6 is 27.5 Å². The van der Waals surface area contributed by atoms with Gasteiger partial charge in [0.05, 0.1) is 5.56 Å². The van der Waals surface area contributed by atoms with Crippen LogP contribution in [0.1, 0.15) is 29.8 Å². The van der Waals surface area contributed by atoms with Gasteiger partial charge in [0, 0.05) is 15.9 Å². The van der Waals surface area contributed by atoms with Crippen LogP contribution in [0.15, 0.2) is 22.7 Å². The second-order valence-corrected chi connectivity index (χ2v) is 5.47. The maximum Gasteiger partial charge on any atom is 0.252 e. The van der Waals surface area contributed by atoms with Crippen LogP contribution < -0.4 is 5.32 Å². The fourth-order valence-corrected chi connectivity index (χ4v) is 1.74. The Morgan fingerprint density at radius 3 is 2.69 bits per heavy atom. The maximum atomic E-state index is 12.0. The molecule has 0 radical (unpaired) electrons. The van der Waals surface area contributed by atoms with E-state index in [2.05, 4.69) is 21.2 Å². The summed E-state index contributed by atoms with van der Waals surface area (Å²) in [7, 11) is 0. The van der Waals surface area contributed by atoms with Crippen molar-refractivity contribution >= 4 is 33.4 Å². The number of carbonyl (C=O) groups excluding carboxylic acids is 1. The summed E-state index contributed by atoms with van der Waals surface area (Å²) in [5, 5.41) is 2.89. The van der Waals surface area contributed by atoms with Gasteiger partial charge in [-0.1, -0.05) is 12.1 Å². The summed E-state index contributed by atoms with van der Waals surface area (Å²) >= 11 is 9.19. The Morgan fingerprint density at radius 2 is 2.12 bits per heavy atom. The number of benzene rings is 1. The SMILES string of the molecule is Cc1cccc(C(=O)NC(C)(C)CCl)c1Br. The van der Waals surface area contributed by atoms with Gasteiger partial charge in [0.2, 0.25) is 0 Å². The highest BCUT2D eigenvalue weighted by Crippen LogP contribution is 2.21. The maximum absolute atomic E-state index is 12.0. The predicted molar refractivity (Wildman–Crippen MR) is 71.1 cm³/mol. The fourth-order valence-electron chi connectivity index (χ4n) is 1.23. The van der Waals surface area contributed by atoms with E-state index in [0.717, 1.165) is 10.0 Å². The van der Waals surface area contributed by atoms with Gasteiger partial charge in [-0.15, -0.1) is 11.6 Å². The molecular weight excluding hydrogens is 289 g/mol. The molecule has 1 N–H and O–H groups in total. The molecule has 0 aliphatic heterocycles. The molecule has 0 bridgehead atoms. The number of nitrogens with one attached hydrogen (secondary N) is 1. The van der Waals surface area contributed by atoms with Gasteiger partial charge >= 0.3 is 0 Å². The quantitative estimate of drug-likeness (QED) is 0.851. The van der Waals surface area contributed by atoms with E-state index in [9.17, 15) is 4.79 Å². The van der Waals surface area contributed by atoms with E-state index in [1.165, 1.54) is 0 Å². The molecule has 4 heteroatoms. The van der Waals surface area contributed by atoms with Crippen molar-refractivity contribution in [2.24, 2.45) is 0 Å². The Morgan fingerprint density at radius 1 is 1.50 bits per heavy atom. The monoisotopic (exact) mass is 303 g/mol. The van der Waals surface area contributed by atoms with Crippen LogP contribution in [0, 0.1) is 6.92 Å². The summed E-state index contributed by atoms with van der Waals surface area (Å²) in [5.41, 5.74) is 1.27. The highest BCUT2D eigenvalue weighted by Gasteiger charge is 2.21. The summed E-state index contributed by atoms with van der Waals surface area (Å²) in [4.78, 5) is 12.0. The van der Waals surface area contributed by atoms with Crippen molar-refractivity contribution in [1.29, 1.82) is 0 Å². The molecule has 1 aromatic carbocycles. The molecule has 0 saturated heterocycles. The van der Waals surface area contributed by atoms with E-state index in [1.54, 1.807) is 6.07 Å². The van der Waals surface area contributed by atoms with Crippen molar-refractivity contribution in [3.63, 3.8) is 0 Å². The second kappa shape index (κ2) is 5.19. The molecule has 2 nitrogen and oxygen atoms in total. The second-order valence-electron chi connectivity index (χ2n) is 4.41. The summed E-state index contributed by atoms with van der Waals surface area (Å²) in [6.07, 6.45) is 0. The number of amides is 1. The third-order valence-corrected chi connectivity index (χ3v) is 3.94. The van der Waals surface area contributed by atoms with Crippen molar-refractivity contribution < 1.29 is 4.79 Å². The molecule has 0 fully saturated rings. The minimum absolute atomic E-state index is 0.110. The van der Waals surface area contributed by atoms with E-state index >= 15 is 0 Å². The molecule has 0 saturated carbocycles. The highest BCUT2D eigenvalue weighted by molar-refractivity contribution is 9.10. The average Bonchev–Trinajstić information content (AvgIpc) is 2.21. The first-order valence-electron chi connectivity index (χ1n) is 5.01. The number of alkyl halides is 1. The molecule has 0 aromatic heterocycles. The summed E-state index contributed by atoms with van der Waals surface area (Å²) in [6, 6.07) is 5.60. The molecule has 1 amide bonds. The average molecular weight is 305 g/mol. The molecule has 0 spiro atoms. The predicted octanol–water partition coefficient (Wildman–Crippen LogP) is 3.50. The third-order valence-electron chi connectivity index (χ3n) is 2.22. The molecular formula is C12H15BrClNO. The molecule has 0 aliphatic rings. The number of hydrogen-bond acceptors (Lipinski definition) is 1. The molecule has 88 valence electrons.